The van der Waals surface area contributed by atoms with E-state index < -0.39 is 0 Å². The molecule has 80 valence electrons. The Balaban J connectivity index is -0.0000000800. The lowest BCUT2D eigenvalue weighted by Gasteiger charge is -2.25. The number of piperazine rings is 1. The summed E-state index contributed by atoms with van der Waals surface area (Å²) >= 11 is 0. The van der Waals surface area contributed by atoms with Crippen LogP contribution in [0, 0.1) is 0 Å². The third-order valence-electron chi connectivity index (χ3n) is 1.66. The van der Waals surface area contributed by atoms with Crippen molar-refractivity contribution >= 4 is 49.6 Å². The minimum Gasteiger partial charge on any atom is -0.314 e. The number of nitrogens with one attached hydrogen (secondary N) is 1. The SMILES string of the molecule is CCN1CCNCC1.Cl.Cl.Cl.Cl. The zero-order valence-electron chi connectivity index (χ0n) is 7.12. The highest BCUT2D eigenvalue weighted by atomic mass is 35.5. The van der Waals surface area contributed by atoms with Gasteiger partial charge >= 0.3 is 0 Å². The Morgan fingerprint density at radius 2 is 1.42 bits per heavy atom. The van der Waals surface area contributed by atoms with E-state index >= 15 is 0 Å². The summed E-state index contributed by atoms with van der Waals surface area (Å²) in [7, 11) is 0. The second-order valence-electron chi connectivity index (χ2n) is 2.18. The standard InChI is InChI=1S/C6H14N2.4ClH/c1-2-8-5-3-7-4-6-8;;;;/h7H,2-6H2,1H3;4*1H. The molecule has 1 rings (SSSR count). The topological polar surface area (TPSA) is 15.3 Å². The van der Waals surface area contributed by atoms with Crippen LogP contribution >= 0.6 is 49.6 Å². The summed E-state index contributed by atoms with van der Waals surface area (Å²) < 4.78 is 0. The van der Waals surface area contributed by atoms with Crippen LogP contribution in [-0.4, -0.2) is 37.6 Å². The van der Waals surface area contributed by atoms with Gasteiger partial charge in [0.1, 0.15) is 0 Å². The van der Waals surface area contributed by atoms with Gasteiger partial charge in [0.15, 0.2) is 0 Å². The van der Waals surface area contributed by atoms with Crippen LogP contribution in [0.3, 0.4) is 0 Å². The van der Waals surface area contributed by atoms with Crippen molar-refractivity contribution in [2.24, 2.45) is 0 Å². The molecule has 0 aliphatic carbocycles. The average molecular weight is 260 g/mol. The van der Waals surface area contributed by atoms with Crippen molar-refractivity contribution in [2.75, 3.05) is 32.7 Å². The lowest BCUT2D eigenvalue weighted by molar-refractivity contribution is 0.253. The van der Waals surface area contributed by atoms with E-state index in [0.717, 1.165) is 0 Å². The lowest BCUT2D eigenvalue weighted by Crippen LogP contribution is -2.43. The summed E-state index contributed by atoms with van der Waals surface area (Å²) in [5, 5.41) is 3.31. The molecule has 1 heterocycles. The van der Waals surface area contributed by atoms with Crippen LogP contribution in [-0.2, 0) is 0 Å². The summed E-state index contributed by atoms with van der Waals surface area (Å²) in [5.41, 5.74) is 0. The highest BCUT2D eigenvalue weighted by Crippen LogP contribution is 1.88. The number of nitrogens with zero attached hydrogens (tertiary/aromatic N) is 1. The van der Waals surface area contributed by atoms with Crippen molar-refractivity contribution in [2.45, 2.75) is 6.92 Å². The third-order valence-corrected chi connectivity index (χ3v) is 1.66. The van der Waals surface area contributed by atoms with Crippen LogP contribution in [0.2, 0.25) is 0 Å². The molecule has 0 amide bonds. The Bertz CT molecular complexity index is 68.6. The average Bonchev–Trinajstić information content (AvgIpc) is 1.90. The van der Waals surface area contributed by atoms with Gasteiger partial charge in [-0.25, -0.2) is 0 Å². The molecule has 0 spiro atoms. The second-order valence-corrected chi connectivity index (χ2v) is 2.18. The molecule has 0 atom stereocenters. The molecule has 1 aliphatic heterocycles. The van der Waals surface area contributed by atoms with E-state index in [9.17, 15) is 0 Å². The Kier molecular flexibility index (Phi) is 28.2. The fourth-order valence-corrected chi connectivity index (χ4v) is 1.03. The van der Waals surface area contributed by atoms with Gasteiger partial charge in [0, 0.05) is 26.2 Å². The van der Waals surface area contributed by atoms with Gasteiger partial charge in [0.05, 0.1) is 0 Å². The Hall–Kier alpha value is 1.08. The molecule has 0 aromatic heterocycles. The van der Waals surface area contributed by atoms with Crippen molar-refractivity contribution in [3.8, 4) is 0 Å². The predicted octanol–water partition coefficient (Wildman–Crippen LogP) is 1.60. The Morgan fingerprint density at radius 3 is 1.67 bits per heavy atom. The molecule has 0 unspecified atom stereocenters. The molecule has 6 heteroatoms. The third kappa shape index (κ3) is 9.17. The minimum absolute atomic E-state index is 0. The van der Waals surface area contributed by atoms with Gasteiger partial charge in [0.2, 0.25) is 0 Å². The highest BCUT2D eigenvalue weighted by Gasteiger charge is 2.04. The van der Waals surface area contributed by atoms with Crippen LogP contribution in [0.4, 0.5) is 0 Å². The summed E-state index contributed by atoms with van der Waals surface area (Å²) in [5.74, 6) is 0. The number of halogens is 4. The first-order chi connectivity index (χ1) is 3.93. The van der Waals surface area contributed by atoms with E-state index in [-0.39, 0.29) is 49.6 Å². The molecule has 1 saturated heterocycles. The molecule has 1 aliphatic rings. The van der Waals surface area contributed by atoms with Crippen molar-refractivity contribution in [1.82, 2.24) is 10.2 Å². The summed E-state index contributed by atoms with van der Waals surface area (Å²) in [6, 6.07) is 0. The van der Waals surface area contributed by atoms with Crippen molar-refractivity contribution < 1.29 is 0 Å². The van der Waals surface area contributed by atoms with Crippen LogP contribution in [0.15, 0.2) is 0 Å². The van der Waals surface area contributed by atoms with E-state index in [1.807, 2.05) is 0 Å². The first-order valence-corrected chi connectivity index (χ1v) is 3.36. The molecule has 1 N–H and O–H groups in total. The second kappa shape index (κ2) is 14.6. The first kappa shape index (κ1) is 23.2. The summed E-state index contributed by atoms with van der Waals surface area (Å²) in [4.78, 5) is 2.45. The fraction of sp³-hybridized carbons (Fsp3) is 1.00. The molecular formula is C6H18Cl4N2. The van der Waals surface area contributed by atoms with Crippen molar-refractivity contribution in [1.29, 1.82) is 0 Å². The quantitative estimate of drug-likeness (QED) is 0.770. The molecule has 0 aromatic carbocycles. The predicted molar refractivity (Wildman–Crippen MR) is 64.0 cm³/mol. The van der Waals surface area contributed by atoms with E-state index in [0.29, 0.717) is 0 Å². The molecule has 0 aromatic rings. The highest BCUT2D eigenvalue weighted by molar-refractivity contribution is 5.86. The Labute approximate surface area is 99.5 Å². The molecule has 0 bridgehead atoms. The molecule has 12 heavy (non-hydrogen) atoms. The maximum absolute atomic E-state index is 3.31. The van der Waals surface area contributed by atoms with E-state index in [1.54, 1.807) is 0 Å². The molecule has 0 saturated carbocycles. The van der Waals surface area contributed by atoms with Gasteiger partial charge in [-0.2, -0.15) is 0 Å². The smallest absolute Gasteiger partial charge is 0.0107 e. The van der Waals surface area contributed by atoms with Gasteiger partial charge in [-0.3, -0.25) is 0 Å². The van der Waals surface area contributed by atoms with E-state index in [4.69, 9.17) is 0 Å². The van der Waals surface area contributed by atoms with Gasteiger partial charge in [-0.05, 0) is 6.54 Å². The van der Waals surface area contributed by atoms with Crippen LogP contribution in [0.25, 0.3) is 0 Å². The zero-order chi connectivity index (χ0) is 5.82. The number of rotatable bonds is 1. The normalized spacial score (nSPS) is 15.8. The maximum Gasteiger partial charge on any atom is 0.0107 e. The lowest BCUT2D eigenvalue weighted by atomic mass is 10.4. The van der Waals surface area contributed by atoms with Crippen LogP contribution < -0.4 is 5.32 Å². The summed E-state index contributed by atoms with van der Waals surface area (Å²) in [6.45, 7) is 8.24. The number of likely N-dealkylation sites (N-methyl/N-ethyl adjacent to an activating group) is 1. The van der Waals surface area contributed by atoms with Crippen molar-refractivity contribution in [3.63, 3.8) is 0 Å². The Morgan fingerprint density at radius 1 is 1.00 bits per heavy atom. The number of hydrogen-bond acceptors (Lipinski definition) is 2. The molecule has 0 radical (unpaired) electrons. The van der Waals surface area contributed by atoms with Crippen LogP contribution in [0.1, 0.15) is 6.92 Å². The maximum atomic E-state index is 3.31. The van der Waals surface area contributed by atoms with Crippen LogP contribution in [0.5, 0.6) is 0 Å². The molecular weight excluding hydrogens is 242 g/mol. The van der Waals surface area contributed by atoms with Gasteiger partial charge < -0.3 is 10.2 Å². The van der Waals surface area contributed by atoms with E-state index in [2.05, 4.69) is 17.1 Å². The number of hydrogen-bond donors (Lipinski definition) is 1. The largest absolute Gasteiger partial charge is 0.314 e. The van der Waals surface area contributed by atoms with E-state index in [1.165, 1.54) is 32.7 Å². The van der Waals surface area contributed by atoms with Crippen molar-refractivity contribution in [3.05, 3.63) is 0 Å². The fourth-order valence-electron chi connectivity index (χ4n) is 1.03. The van der Waals surface area contributed by atoms with Gasteiger partial charge in [-0.15, -0.1) is 49.6 Å². The van der Waals surface area contributed by atoms with Gasteiger partial charge in [-0.1, -0.05) is 6.92 Å². The molecule has 2 nitrogen and oxygen atoms in total. The monoisotopic (exact) mass is 258 g/mol. The molecule has 1 fully saturated rings. The first-order valence-electron chi connectivity index (χ1n) is 3.36. The zero-order valence-corrected chi connectivity index (χ0v) is 10.4. The summed E-state index contributed by atoms with van der Waals surface area (Å²) in [6.07, 6.45) is 0. The van der Waals surface area contributed by atoms with Gasteiger partial charge in [0.25, 0.3) is 0 Å². The minimum atomic E-state index is 0.